The molecule has 6 nitrogen and oxygen atoms in total. The number of aliphatic imine (C=N–C) groups is 1. The van der Waals surface area contributed by atoms with Gasteiger partial charge in [0.05, 0.1) is 21.3 Å². The minimum atomic E-state index is -0.521. The van der Waals surface area contributed by atoms with Crippen molar-refractivity contribution in [3.8, 4) is 28.4 Å². The number of ether oxygens (including phenoxy) is 4. The van der Waals surface area contributed by atoms with Gasteiger partial charge in [-0.2, -0.15) is 0 Å². The average Bonchev–Trinajstić information content (AvgIpc) is 3.34. The van der Waals surface area contributed by atoms with Crippen molar-refractivity contribution >= 4 is 17.9 Å². The number of aryl methyl sites for hydroxylation is 1. The van der Waals surface area contributed by atoms with Gasteiger partial charge in [0.1, 0.15) is 5.75 Å². The van der Waals surface area contributed by atoms with Gasteiger partial charge in [-0.1, -0.05) is 75.4 Å². The Morgan fingerprint density at radius 2 is 1.28 bits per heavy atom. The highest BCUT2D eigenvalue weighted by Crippen LogP contribution is 2.36. The van der Waals surface area contributed by atoms with Crippen LogP contribution in [0.4, 0.5) is 0 Å². The van der Waals surface area contributed by atoms with Gasteiger partial charge in [0, 0.05) is 17.2 Å². The SMILES string of the molecule is CCCCCCCCc1ccc(-c2ccc(C3=N/C(=C\c4cc(OC)c(OC)cc4OC)C(=O)O3)cc2)cc1. The van der Waals surface area contributed by atoms with E-state index in [2.05, 4.69) is 36.2 Å². The van der Waals surface area contributed by atoms with Crippen LogP contribution in [-0.4, -0.2) is 33.2 Å². The number of carbonyl (C=O) groups is 1. The largest absolute Gasteiger partial charge is 0.496 e. The number of cyclic esters (lactones) is 1. The van der Waals surface area contributed by atoms with E-state index in [0.29, 0.717) is 22.8 Å². The minimum absolute atomic E-state index is 0.181. The lowest BCUT2D eigenvalue weighted by molar-refractivity contribution is -0.129. The smallest absolute Gasteiger partial charge is 0.363 e. The van der Waals surface area contributed by atoms with E-state index in [9.17, 15) is 4.79 Å². The number of carbonyl (C=O) groups excluding carboxylic acids is 1. The summed E-state index contributed by atoms with van der Waals surface area (Å²) >= 11 is 0. The summed E-state index contributed by atoms with van der Waals surface area (Å²) in [7, 11) is 4.66. The molecule has 0 saturated carbocycles. The first-order valence-corrected chi connectivity index (χ1v) is 13.6. The molecule has 0 saturated heterocycles. The summed E-state index contributed by atoms with van der Waals surface area (Å²) in [5, 5.41) is 0. The van der Waals surface area contributed by atoms with E-state index in [1.165, 1.54) is 44.1 Å². The maximum Gasteiger partial charge on any atom is 0.363 e. The van der Waals surface area contributed by atoms with Gasteiger partial charge in [-0.3, -0.25) is 0 Å². The molecule has 3 aromatic carbocycles. The van der Waals surface area contributed by atoms with Crippen LogP contribution in [-0.2, 0) is 16.0 Å². The van der Waals surface area contributed by atoms with E-state index < -0.39 is 5.97 Å². The second kappa shape index (κ2) is 13.7. The molecule has 39 heavy (non-hydrogen) atoms. The van der Waals surface area contributed by atoms with Crippen LogP contribution >= 0.6 is 0 Å². The maximum absolute atomic E-state index is 12.6. The molecule has 0 fully saturated rings. The average molecular weight is 528 g/mol. The summed E-state index contributed by atoms with van der Waals surface area (Å²) in [6.45, 7) is 2.25. The highest BCUT2D eigenvalue weighted by molar-refractivity contribution is 6.13. The van der Waals surface area contributed by atoms with Crippen LogP contribution in [0.3, 0.4) is 0 Å². The first-order chi connectivity index (χ1) is 19.1. The summed E-state index contributed by atoms with van der Waals surface area (Å²) in [4.78, 5) is 17.1. The van der Waals surface area contributed by atoms with Crippen molar-refractivity contribution in [3.63, 3.8) is 0 Å². The number of hydrogen-bond donors (Lipinski definition) is 0. The van der Waals surface area contributed by atoms with E-state index in [1.807, 2.05) is 24.3 Å². The zero-order chi connectivity index (χ0) is 27.6. The van der Waals surface area contributed by atoms with E-state index in [4.69, 9.17) is 18.9 Å². The van der Waals surface area contributed by atoms with Gasteiger partial charge in [0.2, 0.25) is 5.90 Å². The number of hydrogen-bond acceptors (Lipinski definition) is 6. The number of rotatable bonds is 13. The van der Waals surface area contributed by atoms with Crippen molar-refractivity contribution in [3.05, 3.63) is 83.1 Å². The Balaban J connectivity index is 1.44. The standard InChI is InChI=1S/C33H37NO5/c1-5-6-7-8-9-10-11-23-12-14-24(15-13-23)25-16-18-26(19-17-25)32-34-28(33(35)39-32)20-27-21-30(37-3)31(38-4)22-29(27)36-2/h12-22H,5-11H2,1-4H3/b28-20-. The monoisotopic (exact) mass is 527 g/mol. The van der Waals surface area contributed by atoms with Crippen LogP contribution in [0.2, 0.25) is 0 Å². The molecule has 0 aliphatic carbocycles. The lowest BCUT2D eigenvalue weighted by Gasteiger charge is -2.12. The Labute approximate surface area is 231 Å². The molecule has 0 radical (unpaired) electrons. The minimum Gasteiger partial charge on any atom is -0.496 e. The van der Waals surface area contributed by atoms with Gasteiger partial charge in [0.25, 0.3) is 0 Å². The lowest BCUT2D eigenvalue weighted by Crippen LogP contribution is -2.05. The van der Waals surface area contributed by atoms with Gasteiger partial charge >= 0.3 is 5.97 Å². The van der Waals surface area contributed by atoms with Gasteiger partial charge in [-0.15, -0.1) is 0 Å². The third-order valence-electron chi connectivity index (χ3n) is 6.89. The highest BCUT2D eigenvalue weighted by atomic mass is 16.6. The van der Waals surface area contributed by atoms with Gasteiger partial charge in [-0.05, 0) is 53.8 Å². The van der Waals surface area contributed by atoms with Gasteiger partial charge < -0.3 is 18.9 Å². The number of esters is 1. The normalized spacial score (nSPS) is 13.8. The van der Waals surface area contributed by atoms with Crippen molar-refractivity contribution in [2.75, 3.05) is 21.3 Å². The number of methoxy groups -OCH3 is 3. The molecule has 1 aliphatic heterocycles. The molecule has 0 unspecified atom stereocenters. The van der Waals surface area contributed by atoms with Crippen LogP contribution in [0.15, 0.2) is 71.4 Å². The van der Waals surface area contributed by atoms with Crippen LogP contribution < -0.4 is 14.2 Å². The van der Waals surface area contributed by atoms with E-state index in [-0.39, 0.29) is 11.6 Å². The van der Waals surface area contributed by atoms with Crippen LogP contribution in [0.25, 0.3) is 17.2 Å². The Kier molecular flexibility index (Phi) is 9.79. The van der Waals surface area contributed by atoms with Crippen molar-refractivity contribution in [1.82, 2.24) is 0 Å². The molecule has 1 aliphatic rings. The molecule has 0 atom stereocenters. The van der Waals surface area contributed by atoms with Gasteiger partial charge in [-0.25, -0.2) is 9.79 Å². The topological polar surface area (TPSA) is 66.3 Å². The zero-order valence-corrected chi connectivity index (χ0v) is 23.3. The van der Waals surface area contributed by atoms with E-state index in [1.54, 1.807) is 39.5 Å². The van der Waals surface area contributed by atoms with E-state index >= 15 is 0 Å². The highest BCUT2D eigenvalue weighted by Gasteiger charge is 2.25. The third kappa shape index (κ3) is 7.08. The molecule has 0 spiro atoms. The third-order valence-corrected chi connectivity index (χ3v) is 6.89. The summed E-state index contributed by atoms with van der Waals surface area (Å²) < 4.78 is 21.7. The summed E-state index contributed by atoms with van der Waals surface area (Å²) in [5.74, 6) is 1.33. The molecule has 0 bridgehead atoms. The molecular formula is C33H37NO5. The fraction of sp³-hybridized carbons (Fsp3) is 0.333. The van der Waals surface area contributed by atoms with Crippen molar-refractivity contribution in [2.24, 2.45) is 4.99 Å². The van der Waals surface area contributed by atoms with Crippen molar-refractivity contribution in [2.45, 2.75) is 51.9 Å². The molecule has 1 heterocycles. The number of unbranched alkanes of at least 4 members (excludes halogenated alkanes) is 5. The lowest BCUT2D eigenvalue weighted by atomic mass is 10.00. The summed E-state index contributed by atoms with van der Waals surface area (Å²) in [6, 6.07) is 20.1. The van der Waals surface area contributed by atoms with E-state index in [0.717, 1.165) is 23.1 Å². The first kappa shape index (κ1) is 28.0. The van der Waals surface area contributed by atoms with Crippen LogP contribution in [0, 0.1) is 0 Å². The predicted molar refractivity (Wildman–Crippen MR) is 156 cm³/mol. The van der Waals surface area contributed by atoms with Gasteiger partial charge in [0.15, 0.2) is 17.2 Å². The second-order valence-electron chi connectivity index (χ2n) is 9.58. The summed E-state index contributed by atoms with van der Waals surface area (Å²) in [6.07, 6.45) is 10.6. The molecule has 0 aromatic heterocycles. The van der Waals surface area contributed by atoms with Crippen molar-refractivity contribution in [1.29, 1.82) is 0 Å². The maximum atomic E-state index is 12.6. The first-order valence-electron chi connectivity index (χ1n) is 13.6. The predicted octanol–water partition coefficient (Wildman–Crippen LogP) is 7.63. The molecule has 0 amide bonds. The van der Waals surface area contributed by atoms with Crippen LogP contribution in [0.5, 0.6) is 17.2 Å². The molecule has 204 valence electrons. The quantitative estimate of drug-likeness (QED) is 0.130. The zero-order valence-electron chi connectivity index (χ0n) is 23.3. The van der Waals surface area contributed by atoms with Crippen molar-refractivity contribution < 1.29 is 23.7 Å². The second-order valence-corrected chi connectivity index (χ2v) is 9.58. The Hall–Kier alpha value is -4.06. The summed E-state index contributed by atoms with van der Waals surface area (Å²) in [5.41, 5.74) is 5.17. The fourth-order valence-corrected chi connectivity index (χ4v) is 4.62. The molecule has 3 aromatic rings. The molecule has 4 rings (SSSR count). The fourth-order valence-electron chi connectivity index (χ4n) is 4.62. The Bertz CT molecular complexity index is 1320. The molecule has 0 N–H and O–H groups in total. The Morgan fingerprint density at radius 3 is 1.92 bits per heavy atom. The number of nitrogens with zero attached hydrogens (tertiary/aromatic N) is 1. The Morgan fingerprint density at radius 1 is 0.718 bits per heavy atom. The molecule has 6 heteroatoms. The molecular weight excluding hydrogens is 490 g/mol. The van der Waals surface area contributed by atoms with Crippen LogP contribution in [0.1, 0.15) is 62.1 Å². The number of benzene rings is 3.